The number of anilines is 1. The van der Waals surface area contributed by atoms with Crippen LogP contribution in [0.15, 0.2) is 30.3 Å². The molecule has 0 unspecified atom stereocenters. The van der Waals surface area contributed by atoms with E-state index < -0.39 is 0 Å². The number of benzene rings is 2. The molecule has 1 aliphatic carbocycles. The Morgan fingerprint density at radius 1 is 0.971 bits per heavy atom. The predicted octanol–water partition coefficient (Wildman–Crippen LogP) is 5.83. The Kier molecular flexibility index (Phi) is 6.91. The van der Waals surface area contributed by atoms with Crippen LogP contribution in [0.3, 0.4) is 0 Å². The average Bonchev–Trinajstić information content (AvgIpc) is 3.54. The van der Waals surface area contributed by atoms with Crippen LogP contribution >= 0.6 is 0 Å². The molecule has 5 heteroatoms. The number of aromatic nitrogens is 1. The lowest BCUT2D eigenvalue weighted by Gasteiger charge is -2.17. The van der Waals surface area contributed by atoms with Crippen LogP contribution in [0.4, 0.5) is 5.82 Å². The molecule has 34 heavy (non-hydrogen) atoms. The molecule has 1 saturated heterocycles. The van der Waals surface area contributed by atoms with Crippen molar-refractivity contribution in [2.45, 2.75) is 58.9 Å². The standard InChI is InChI=1S/C29H37N3O2/c1-20-10-11-22(28(16-20)33-3)19-30-29-24-9-6-8-23(24)25-17-21(2)27(18-26(25)31-29)34-15-7-14-32-12-4-5-13-32/h10-11,16-18H,4-9,12-15,19H2,1-3H3,(H,30,31). The van der Waals surface area contributed by atoms with Crippen molar-refractivity contribution in [2.24, 2.45) is 0 Å². The van der Waals surface area contributed by atoms with Gasteiger partial charge in [-0.1, -0.05) is 12.1 Å². The number of rotatable bonds is 9. The van der Waals surface area contributed by atoms with E-state index in [9.17, 15) is 0 Å². The van der Waals surface area contributed by atoms with Crippen LogP contribution < -0.4 is 14.8 Å². The van der Waals surface area contributed by atoms with Crippen LogP contribution in [0.2, 0.25) is 0 Å². The van der Waals surface area contributed by atoms with Gasteiger partial charge in [0.2, 0.25) is 0 Å². The van der Waals surface area contributed by atoms with Gasteiger partial charge in [-0.05, 0) is 99.8 Å². The molecule has 0 atom stereocenters. The summed E-state index contributed by atoms with van der Waals surface area (Å²) in [5.74, 6) is 2.89. The maximum atomic E-state index is 6.23. The maximum absolute atomic E-state index is 6.23. The zero-order valence-electron chi connectivity index (χ0n) is 20.9. The van der Waals surface area contributed by atoms with Crippen molar-refractivity contribution >= 4 is 16.7 Å². The van der Waals surface area contributed by atoms with Gasteiger partial charge in [0.15, 0.2) is 0 Å². The Morgan fingerprint density at radius 2 is 1.79 bits per heavy atom. The van der Waals surface area contributed by atoms with Gasteiger partial charge < -0.3 is 19.7 Å². The smallest absolute Gasteiger partial charge is 0.130 e. The largest absolute Gasteiger partial charge is 0.496 e. The van der Waals surface area contributed by atoms with Gasteiger partial charge in [-0.3, -0.25) is 0 Å². The number of fused-ring (bicyclic) bond motifs is 3. The first-order valence-electron chi connectivity index (χ1n) is 12.8. The minimum atomic E-state index is 0.695. The van der Waals surface area contributed by atoms with Gasteiger partial charge in [0.25, 0.3) is 0 Å². The molecular formula is C29H37N3O2. The number of ether oxygens (including phenoxy) is 2. The summed E-state index contributed by atoms with van der Waals surface area (Å²) in [5, 5.41) is 4.91. The van der Waals surface area contributed by atoms with Crippen molar-refractivity contribution in [1.29, 1.82) is 0 Å². The molecule has 5 nitrogen and oxygen atoms in total. The summed E-state index contributed by atoms with van der Waals surface area (Å²) >= 11 is 0. The minimum absolute atomic E-state index is 0.695. The van der Waals surface area contributed by atoms with E-state index in [1.54, 1.807) is 7.11 Å². The van der Waals surface area contributed by atoms with Crippen molar-refractivity contribution in [2.75, 3.05) is 38.7 Å². The van der Waals surface area contributed by atoms with E-state index in [1.165, 1.54) is 60.0 Å². The van der Waals surface area contributed by atoms with Crippen LogP contribution in [0.25, 0.3) is 10.9 Å². The zero-order valence-corrected chi connectivity index (χ0v) is 20.9. The van der Waals surface area contributed by atoms with Gasteiger partial charge in [-0.25, -0.2) is 4.98 Å². The first-order chi connectivity index (χ1) is 16.6. The number of likely N-dealkylation sites (tertiary alicyclic amines) is 1. The molecule has 180 valence electrons. The first kappa shape index (κ1) is 23.0. The molecule has 0 amide bonds. The second-order valence-corrected chi connectivity index (χ2v) is 9.83. The number of hydrogen-bond donors (Lipinski definition) is 1. The van der Waals surface area contributed by atoms with Gasteiger partial charge in [-0.2, -0.15) is 0 Å². The lowest BCUT2D eigenvalue weighted by atomic mass is 10.0. The Hall–Kier alpha value is -2.79. The monoisotopic (exact) mass is 459 g/mol. The lowest BCUT2D eigenvalue weighted by Crippen LogP contribution is -2.22. The predicted molar refractivity (Wildman–Crippen MR) is 139 cm³/mol. The highest BCUT2D eigenvalue weighted by atomic mass is 16.5. The summed E-state index contributed by atoms with van der Waals surface area (Å²) < 4.78 is 11.8. The Balaban J connectivity index is 1.35. The number of nitrogens with zero attached hydrogens (tertiary/aromatic N) is 2. The number of aryl methyl sites for hydroxylation is 3. The highest BCUT2D eigenvalue weighted by Crippen LogP contribution is 2.37. The molecule has 2 heterocycles. The van der Waals surface area contributed by atoms with E-state index >= 15 is 0 Å². The van der Waals surface area contributed by atoms with E-state index in [4.69, 9.17) is 14.5 Å². The SMILES string of the molecule is COc1cc(C)ccc1CNc1nc2cc(OCCCN3CCCC3)c(C)cc2c2c1CCC2. The van der Waals surface area contributed by atoms with Crippen molar-refractivity contribution in [3.8, 4) is 11.5 Å². The summed E-state index contributed by atoms with van der Waals surface area (Å²) in [5.41, 5.74) is 7.40. The highest BCUT2D eigenvalue weighted by Gasteiger charge is 2.21. The van der Waals surface area contributed by atoms with Gasteiger partial charge in [0.05, 0.1) is 19.2 Å². The van der Waals surface area contributed by atoms with Crippen molar-refractivity contribution in [1.82, 2.24) is 9.88 Å². The Bertz CT molecular complexity index is 1170. The number of methoxy groups -OCH3 is 1. The molecule has 0 bridgehead atoms. The third-order valence-electron chi connectivity index (χ3n) is 7.32. The second kappa shape index (κ2) is 10.2. The van der Waals surface area contributed by atoms with E-state index in [2.05, 4.69) is 54.4 Å². The van der Waals surface area contributed by atoms with Crippen LogP contribution in [0, 0.1) is 13.8 Å². The van der Waals surface area contributed by atoms with Crippen LogP contribution in [-0.4, -0.2) is 43.2 Å². The molecule has 5 rings (SSSR count). The van der Waals surface area contributed by atoms with Crippen molar-refractivity contribution < 1.29 is 9.47 Å². The van der Waals surface area contributed by atoms with E-state index in [-0.39, 0.29) is 0 Å². The molecule has 0 spiro atoms. The third-order valence-corrected chi connectivity index (χ3v) is 7.32. The van der Waals surface area contributed by atoms with E-state index in [0.29, 0.717) is 6.54 Å². The molecule has 2 aliphatic rings. The number of pyridine rings is 1. The number of hydrogen-bond acceptors (Lipinski definition) is 5. The second-order valence-electron chi connectivity index (χ2n) is 9.83. The number of nitrogens with one attached hydrogen (secondary N) is 1. The normalized spacial score (nSPS) is 15.6. The molecule has 1 fully saturated rings. The third kappa shape index (κ3) is 4.85. The molecule has 0 radical (unpaired) electrons. The van der Waals surface area contributed by atoms with E-state index in [0.717, 1.165) is 60.8 Å². The van der Waals surface area contributed by atoms with Crippen LogP contribution in [-0.2, 0) is 19.4 Å². The summed E-state index contributed by atoms with van der Waals surface area (Å²) in [4.78, 5) is 7.63. The fourth-order valence-corrected chi connectivity index (χ4v) is 5.46. The van der Waals surface area contributed by atoms with Gasteiger partial charge in [0, 0.05) is 30.1 Å². The summed E-state index contributed by atoms with van der Waals surface area (Å²) in [6, 6.07) is 10.8. The molecular weight excluding hydrogens is 422 g/mol. The molecule has 3 aromatic rings. The van der Waals surface area contributed by atoms with Crippen molar-refractivity contribution in [3.05, 3.63) is 58.1 Å². The average molecular weight is 460 g/mol. The Morgan fingerprint density at radius 3 is 2.62 bits per heavy atom. The maximum Gasteiger partial charge on any atom is 0.130 e. The molecule has 1 N–H and O–H groups in total. The fourth-order valence-electron chi connectivity index (χ4n) is 5.46. The van der Waals surface area contributed by atoms with Crippen molar-refractivity contribution in [3.63, 3.8) is 0 Å². The Labute approximate surface area is 203 Å². The highest BCUT2D eigenvalue weighted by molar-refractivity contribution is 5.88. The first-order valence-corrected chi connectivity index (χ1v) is 12.8. The molecule has 0 saturated carbocycles. The van der Waals surface area contributed by atoms with Gasteiger partial charge in [-0.15, -0.1) is 0 Å². The summed E-state index contributed by atoms with van der Waals surface area (Å²) in [6.07, 6.45) is 7.14. The molecule has 2 aromatic carbocycles. The van der Waals surface area contributed by atoms with Gasteiger partial charge >= 0.3 is 0 Å². The molecule has 1 aliphatic heterocycles. The lowest BCUT2D eigenvalue weighted by molar-refractivity contribution is 0.262. The van der Waals surface area contributed by atoms with Gasteiger partial charge in [0.1, 0.15) is 17.3 Å². The molecule has 1 aromatic heterocycles. The quantitative estimate of drug-likeness (QED) is 0.408. The summed E-state index contributed by atoms with van der Waals surface area (Å²) in [7, 11) is 1.74. The summed E-state index contributed by atoms with van der Waals surface area (Å²) in [6.45, 7) is 9.32. The fraction of sp³-hybridized carbons (Fsp3) is 0.483. The van der Waals surface area contributed by atoms with E-state index in [1.807, 2.05) is 0 Å². The van der Waals surface area contributed by atoms with Crippen LogP contribution in [0.5, 0.6) is 11.5 Å². The topological polar surface area (TPSA) is 46.6 Å². The van der Waals surface area contributed by atoms with Crippen LogP contribution in [0.1, 0.15) is 53.5 Å². The zero-order chi connectivity index (χ0) is 23.5. The minimum Gasteiger partial charge on any atom is -0.496 e.